The van der Waals surface area contributed by atoms with Crippen LogP contribution in [0.25, 0.3) is 22.9 Å². The van der Waals surface area contributed by atoms with E-state index < -0.39 is 23.7 Å². The predicted molar refractivity (Wildman–Crippen MR) is 250 cm³/mol. The number of benzene rings is 2. The van der Waals surface area contributed by atoms with Crippen LogP contribution >= 0.6 is 0 Å². The van der Waals surface area contributed by atoms with Gasteiger partial charge in [0.2, 0.25) is 11.8 Å². The SMILES string of the molecule is CN1CC/C=C/c2cnc(N)c3c(-c4ccc(C(=O)Nc5cc(C(F)(F)F)ccn5)cc4)nc(n23)[C@@H]2CCC(C2)NC(=O)C1.Cc1ccc(C(=O)NCCOCCC=O)cc1N1CCC(=O)NC1=O. The van der Waals surface area contributed by atoms with E-state index in [1.807, 2.05) is 35.4 Å². The molecule has 18 nitrogen and oxygen atoms in total. The van der Waals surface area contributed by atoms with Crippen molar-refractivity contribution in [1.29, 1.82) is 0 Å². The highest BCUT2D eigenvalue weighted by Gasteiger charge is 2.33. The number of hydrogen-bond donors (Lipinski definition) is 5. The minimum atomic E-state index is -4.55. The fraction of sp³-hybridized carbons (Fsp3) is 0.354. The summed E-state index contributed by atoms with van der Waals surface area (Å²) < 4.78 is 46.5. The Hall–Kier alpha value is -7.52. The Bertz CT molecular complexity index is 2760. The fourth-order valence-electron chi connectivity index (χ4n) is 8.28. The van der Waals surface area contributed by atoms with Crippen LogP contribution in [0.4, 0.5) is 35.3 Å². The van der Waals surface area contributed by atoms with Gasteiger partial charge >= 0.3 is 12.2 Å². The topological polar surface area (TPSA) is 235 Å². The first-order chi connectivity index (χ1) is 33.1. The molecule has 8 rings (SSSR count). The predicted octanol–water partition coefficient (Wildman–Crippen LogP) is 5.52. The zero-order chi connectivity index (χ0) is 49.2. The minimum Gasteiger partial charge on any atom is -0.382 e. The number of aromatic nitrogens is 4. The number of aryl methyl sites for hydroxylation is 1. The molecule has 6 N–H and O–H groups in total. The van der Waals surface area contributed by atoms with Gasteiger partial charge in [-0.15, -0.1) is 0 Å². The Morgan fingerprint density at radius 1 is 0.971 bits per heavy atom. The van der Waals surface area contributed by atoms with Crippen molar-refractivity contribution in [3.8, 4) is 11.3 Å². The maximum absolute atomic E-state index is 13.1. The molecule has 1 saturated carbocycles. The number of hydrogen-bond acceptors (Lipinski definition) is 12. The number of rotatable bonds is 11. The molecule has 2 aliphatic heterocycles. The van der Waals surface area contributed by atoms with Crippen LogP contribution in [0.15, 0.2) is 73.1 Å². The summed E-state index contributed by atoms with van der Waals surface area (Å²) in [6.45, 7) is 4.13. The number of alkyl halides is 3. The van der Waals surface area contributed by atoms with E-state index in [-0.39, 0.29) is 54.0 Å². The van der Waals surface area contributed by atoms with Gasteiger partial charge in [0.15, 0.2) is 0 Å². The Morgan fingerprint density at radius 3 is 2.51 bits per heavy atom. The van der Waals surface area contributed by atoms with Gasteiger partial charge in [-0.25, -0.2) is 19.7 Å². The normalized spacial score (nSPS) is 18.0. The lowest BCUT2D eigenvalue weighted by Crippen LogP contribution is -2.49. The van der Waals surface area contributed by atoms with Crippen molar-refractivity contribution in [1.82, 2.24) is 40.2 Å². The Labute approximate surface area is 394 Å². The van der Waals surface area contributed by atoms with Crippen molar-refractivity contribution < 1.29 is 46.7 Å². The number of nitrogens with one attached hydrogen (secondary N) is 4. The summed E-state index contributed by atoms with van der Waals surface area (Å²) in [5, 5.41) is 10.6. The average Bonchev–Trinajstić information content (AvgIpc) is 3.95. The summed E-state index contributed by atoms with van der Waals surface area (Å²) in [5.74, 6) is -0.183. The zero-order valence-corrected chi connectivity index (χ0v) is 38.0. The van der Waals surface area contributed by atoms with E-state index in [0.717, 1.165) is 67.4 Å². The van der Waals surface area contributed by atoms with Gasteiger partial charge in [-0.3, -0.25) is 38.7 Å². The first-order valence-corrected chi connectivity index (χ1v) is 22.4. The summed E-state index contributed by atoms with van der Waals surface area (Å²) in [6, 6.07) is 12.8. The van der Waals surface area contributed by atoms with Crippen molar-refractivity contribution in [3.63, 3.8) is 0 Å². The lowest BCUT2D eigenvalue weighted by atomic mass is 10.1. The van der Waals surface area contributed by atoms with Crippen LogP contribution in [0.1, 0.15) is 87.8 Å². The Kier molecular flexibility index (Phi) is 15.8. The van der Waals surface area contributed by atoms with E-state index in [4.69, 9.17) is 15.5 Å². The van der Waals surface area contributed by atoms with Gasteiger partial charge in [0, 0.05) is 73.0 Å². The number of pyridine rings is 1. The molecule has 2 atom stereocenters. The third kappa shape index (κ3) is 12.3. The number of imidazole rings is 1. The number of fused-ring (bicyclic) bond motifs is 3. The van der Waals surface area contributed by atoms with Crippen molar-refractivity contribution in [2.24, 2.45) is 0 Å². The van der Waals surface area contributed by atoms with Crippen LogP contribution in [0.5, 0.6) is 0 Å². The molecule has 21 heteroatoms. The highest BCUT2D eigenvalue weighted by molar-refractivity contribution is 6.07. The van der Waals surface area contributed by atoms with Crippen LogP contribution in [0, 0.1) is 6.92 Å². The molecule has 0 spiro atoms. The highest BCUT2D eigenvalue weighted by Crippen LogP contribution is 2.39. The highest BCUT2D eigenvalue weighted by atomic mass is 19.4. The third-order valence-corrected chi connectivity index (χ3v) is 11.8. The lowest BCUT2D eigenvalue weighted by Gasteiger charge is -2.28. The maximum Gasteiger partial charge on any atom is 0.416 e. The van der Waals surface area contributed by atoms with Crippen molar-refractivity contribution >= 4 is 64.9 Å². The molecule has 6 amide bonds. The quantitative estimate of drug-likeness (QED) is 0.0813. The molecule has 3 aliphatic rings. The van der Waals surface area contributed by atoms with Gasteiger partial charge in [0.1, 0.15) is 35.0 Å². The summed E-state index contributed by atoms with van der Waals surface area (Å²) in [5.41, 5.74) is 10.4. The number of imide groups is 1. The van der Waals surface area contributed by atoms with Crippen molar-refractivity contribution in [2.45, 2.75) is 63.6 Å². The van der Waals surface area contributed by atoms with E-state index in [1.165, 1.54) is 4.90 Å². The van der Waals surface area contributed by atoms with Gasteiger partial charge in [0.25, 0.3) is 11.8 Å². The molecule has 2 fully saturated rings. The van der Waals surface area contributed by atoms with E-state index in [2.05, 4.69) is 31.2 Å². The Balaban J connectivity index is 0.000000239. The van der Waals surface area contributed by atoms with Gasteiger partial charge < -0.3 is 31.2 Å². The summed E-state index contributed by atoms with van der Waals surface area (Å²) in [4.78, 5) is 87.9. The van der Waals surface area contributed by atoms with E-state index >= 15 is 0 Å². The monoisotopic (exact) mass is 951 g/mol. The largest absolute Gasteiger partial charge is 0.416 e. The Morgan fingerprint density at radius 2 is 1.75 bits per heavy atom. The number of urea groups is 1. The first-order valence-electron chi connectivity index (χ1n) is 22.4. The molecule has 2 aromatic carbocycles. The molecule has 69 heavy (non-hydrogen) atoms. The zero-order valence-electron chi connectivity index (χ0n) is 38.0. The second-order valence-corrected chi connectivity index (χ2v) is 16.8. The van der Waals surface area contributed by atoms with Crippen LogP contribution in [-0.2, 0) is 25.3 Å². The molecule has 3 aromatic heterocycles. The van der Waals surface area contributed by atoms with Gasteiger partial charge in [-0.2, -0.15) is 13.2 Å². The number of anilines is 3. The molecule has 5 heterocycles. The van der Waals surface area contributed by atoms with Crippen LogP contribution in [-0.4, -0.2) is 113 Å². The number of likely N-dealkylation sites (N-methyl/N-ethyl adjacent to an activating group) is 1. The van der Waals surface area contributed by atoms with E-state index in [1.54, 1.807) is 48.7 Å². The number of amides is 6. The number of nitrogens with two attached hydrogens (primary N) is 1. The summed E-state index contributed by atoms with van der Waals surface area (Å²) in [7, 11) is 1.93. The van der Waals surface area contributed by atoms with E-state index in [0.29, 0.717) is 73.1 Å². The molecular formula is C48H52F3N11O7. The summed E-state index contributed by atoms with van der Waals surface area (Å²) in [6.07, 6.45) is 6.68. The number of nitrogen functional groups attached to an aromatic ring is 1. The number of ether oxygens (including phenoxy) is 1. The summed E-state index contributed by atoms with van der Waals surface area (Å²) >= 11 is 0. The molecule has 362 valence electrons. The smallest absolute Gasteiger partial charge is 0.382 e. The van der Waals surface area contributed by atoms with E-state index in [9.17, 15) is 41.9 Å². The van der Waals surface area contributed by atoms with Crippen molar-refractivity contribution in [3.05, 3.63) is 107 Å². The van der Waals surface area contributed by atoms with Crippen molar-refractivity contribution in [2.75, 3.05) is 62.4 Å². The number of nitrogens with zero attached hydrogens (tertiary/aromatic N) is 6. The number of halogens is 3. The molecule has 5 aromatic rings. The standard InChI is InChI=1S/C31H31F3N8O2.C17H21N3O5/c1-41-13-3-2-4-23-16-37-28(35)27-26(40-29(42(23)27)20-9-10-22(14-20)38-25(43)17-41)18-5-7-19(8-6-18)30(44)39-24-15-21(11-12-36-24)31(32,33)34;1-12-3-4-13(16(23)18-6-10-25-9-2-8-21)11-14(12)20-7-5-15(22)19-17(20)24/h2,4-8,11-12,15-16,20,22H,3,9-10,13-14,17H2,1H3,(H2,35,37)(H,38,43)(H,36,39,44);3-4,8,11H,2,5-7,9-10H2,1H3,(H,18,23)(H,19,22,24)/b4-2+;/t20-,22?;/m1./s1. The number of carbonyl (C=O) groups excluding carboxylic acids is 6. The molecule has 2 bridgehead atoms. The average molecular weight is 952 g/mol. The molecule has 1 saturated heterocycles. The second-order valence-electron chi connectivity index (χ2n) is 16.8. The molecule has 1 aliphatic carbocycles. The lowest BCUT2D eigenvalue weighted by molar-refractivity contribution is -0.137. The number of aldehydes is 1. The molecule has 1 unspecified atom stereocenters. The van der Waals surface area contributed by atoms with Crippen LogP contribution in [0.3, 0.4) is 0 Å². The third-order valence-electron chi connectivity index (χ3n) is 11.8. The first kappa shape index (κ1) is 49.4. The van der Waals surface area contributed by atoms with Gasteiger partial charge in [-0.1, -0.05) is 24.3 Å². The van der Waals surface area contributed by atoms with Gasteiger partial charge in [-0.05, 0) is 87.7 Å². The van der Waals surface area contributed by atoms with Crippen LogP contribution < -0.4 is 31.9 Å². The fourth-order valence-corrected chi connectivity index (χ4v) is 8.28. The minimum absolute atomic E-state index is 0.00922. The second kappa shape index (κ2) is 22.1. The number of carbonyl (C=O) groups is 6. The molecule has 0 radical (unpaired) electrons. The molecular weight excluding hydrogens is 900 g/mol. The van der Waals surface area contributed by atoms with Gasteiger partial charge in [0.05, 0.1) is 37.2 Å². The maximum atomic E-state index is 13.1. The van der Waals surface area contributed by atoms with Crippen LogP contribution in [0.2, 0.25) is 0 Å².